The molecule has 0 aliphatic carbocycles. The van der Waals surface area contributed by atoms with E-state index < -0.39 is 0 Å². The van der Waals surface area contributed by atoms with Gasteiger partial charge in [-0.05, 0) is 19.1 Å². The molecule has 0 saturated heterocycles. The summed E-state index contributed by atoms with van der Waals surface area (Å²) in [6.45, 7) is 6.52. The van der Waals surface area contributed by atoms with E-state index in [2.05, 4.69) is 28.8 Å². The summed E-state index contributed by atoms with van der Waals surface area (Å²) in [4.78, 5) is 13.1. The van der Waals surface area contributed by atoms with Crippen molar-refractivity contribution in [2.45, 2.75) is 33.1 Å². The SMILES string of the molecule is Cc1nc(CCOc2ccccc2N)nc(C(C)C)n1. The van der Waals surface area contributed by atoms with E-state index in [0.717, 1.165) is 17.5 Å². The first-order valence-corrected chi connectivity index (χ1v) is 6.75. The predicted octanol–water partition coefficient (Wildman–Crippen LogP) is 2.51. The van der Waals surface area contributed by atoms with Crippen LogP contribution in [-0.4, -0.2) is 21.6 Å². The Morgan fingerprint density at radius 3 is 2.60 bits per heavy atom. The lowest BCUT2D eigenvalue weighted by Gasteiger charge is -2.09. The average molecular weight is 272 g/mol. The fourth-order valence-corrected chi connectivity index (χ4v) is 1.79. The maximum atomic E-state index is 5.82. The molecular weight excluding hydrogens is 252 g/mol. The van der Waals surface area contributed by atoms with Crippen molar-refractivity contribution in [1.82, 2.24) is 15.0 Å². The normalized spacial score (nSPS) is 10.8. The lowest BCUT2D eigenvalue weighted by molar-refractivity contribution is 0.320. The number of ether oxygens (including phenoxy) is 1. The third-order valence-corrected chi connectivity index (χ3v) is 2.83. The van der Waals surface area contributed by atoms with Crippen molar-refractivity contribution in [3.63, 3.8) is 0 Å². The molecule has 2 N–H and O–H groups in total. The van der Waals surface area contributed by atoms with Crippen LogP contribution in [0.15, 0.2) is 24.3 Å². The Labute approximate surface area is 119 Å². The molecular formula is C15H20N4O. The third-order valence-electron chi connectivity index (χ3n) is 2.83. The van der Waals surface area contributed by atoms with Crippen LogP contribution in [0.25, 0.3) is 0 Å². The van der Waals surface area contributed by atoms with Crippen LogP contribution >= 0.6 is 0 Å². The molecule has 0 unspecified atom stereocenters. The van der Waals surface area contributed by atoms with Gasteiger partial charge < -0.3 is 10.5 Å². The van der Waals surface area contributed by atoms with E-state index >= 15 is 0 Å². The van der Waals surface area contributed by atoms with Gasteiger partial charge in [0.05, 0.1) is 12.3 Å². The summed E-state index contributed by atoms with van der Waals surface area (Å²) in [5.74, 6) is 3.32. The summed E-state index contributed by atoms with van der Waals surface area (Å²) < 4.78 is 5.66. The minimum absolute atomic E-state index is 0.293. The number of nitrogen functional groups attached to an aromatic ring is 1. The van der Waals surface area contributed by atoms with Crippen LogP contribution in [0.5, 0.6) is 5.75 Å². The number of anilines is 1. The minimum Gasteiger partial charge on any atom is -0.491 e. The summed E-state index contributed by atoms with van der Waals surface area (Å²) in [5, 5.41) is 0. The van der Waals surface area contributed by atoms with Gasteiger partial charge in [-0.1, -0.05) is 26.0 Å². The van der Waals surface area contributed by atoms with Crippen LogP contribution in [0.4, 0.5) is 5.69 Å². The van der Waals surface area contributed by atoms with Crippen molar-refractivity contribution in [2.75, 3.05) is 12.3 Å². The molecule has 0 aliphatic heterocycles. The van der Waals surface area contributed by atoms with Crippen molar-refractivity contribution in [2.24, 2.45) is 0 Å². The third kappa shape index (κ3) is 3.66. The molecule has 2 rings (SSSR count). The second kappa shape index (κ2) is 6.32. The highest BCUT2D eigenvalue weighted by Gasteiger charge is 2.08. The first kappa shape index (κ1) is 14.2. The maximum Gasteiger partial charge on any atom is 0.142 e. The summed E-state index contributed by atoms with van der Waals surface area (Å²) >= 11 is 0. The van der Waals surface area contributed by atoms with Crippen molar-refractivity contribution in [3.05, 3.63) is 41.7 Å². The van der Waals surface area contributed by atoms with Crippen molar-refractivity contribution in [1.29, 1.82) is 0 Å². The van der Waals surface area contributed by atoms with Gasteiger partial charge in [-0.15, -0.1) is 0 Å². The molecule has 2 aromatic rings. The van der Waals surface area contributed by atoms with E-state index in [1.165, 1.54) is 0 Å². The average Bonchev–Trinajstić information content (AvgIpc) is 2.40. The van der Waals surface area contributed by atoms with Crippen LogP contribution < -0.4 is 10.5 Å². The molecule has 0 saturated carbocycles. The van der Waals surface area contributed by atoms with Gasteiger partial charge in [-0.2, -0.15) is 0 Å². The van der Waals surface area contributed by atoms with E-state index in [-0.39, 0.29) is 0 Å². The number of benzene rings is 1. The second-order valence-corrected chi connectivity index (χ2v) is 4.95. The number of hydrogen-bond donors (Lipinski definition) is 1. The molecule has 0 atom stereocenters. The van der Waals surface area contributed by atoms with Crippen molar-refractivity contribution >= 4 is 5.69 Å². The Hall–Kier alpha value is -2.17. The lowest BCUT2D eigenvalue weighted by atomic mass is 10.2. The van der Waals surface area contributed by atoms with E-state index in [1.807, 2.05) is 31.2 Å². The monoisotopic (exact) mass is 272 g/mol. The van der Waals surface area contributed by atoms with E-state index in [1.54, 1.807) is 0 Å². The number of nitrogens with two attached hydrogens (primary N) is 1. The second-order valence-electron chi connectivity index (χ2n) is 4.95. The van der Waals surface area contributed by atoms with E-state index in [0.29, 0.717) is 30.4 Å². The molecule has 0 spiro atoms. The van der Waals surface area contributed by atoms with Gasteiger partial charge in [-0.3, -0.25) is 0 Å². The van der Waals surface area contributed by atoms with Crippen LogP contribution in [0.3, 0.4) is 0 Å². The van der Waals surface area contributed by atoms with E-state index in [9.17, 15) is 0 Å². The zero-order chi connectivity index (χ0) is 14.5. The highest BCUT2D eigenvalue weighted by atomic mass is 16.5. The van der Waals surface area contributed by atoms with Crippen LogP contribution in [0.2, 0.25) is 0 Å². The molecule has 0 aliphatic rings. The van der Waals surface area contributed by atoms with Gasteiger partial charge in [0.15, 0.2) is 0 Å². The Bertz CT molecular complexity index is 584. The number of para-hydroxylation sites is 2. The fourth-order valence-electron chi connectivity index (χ4n) is 1.79. The Kier molecular flexibility index (Phi) is 4.50. The first-order chi connectivity index (χ1) is 9.56. The highest BCUT2D eigenvalue weighted by Crippen LogP contribution is 2.19. The summed E-state index contributed by atoms with van der Waals surface area (Å²) in [7, 11) is 0. The molecule has 1 heterocycles. The Morgan fingerprint density at radius 1 is 1.15 bits per heavy atom. The number of nitrogens with zero attached hydrogens (tertiary/aromatic N) is 3. The fraction of sp³-hybridized carbons (Fsp3) is 0.400. The minimum atomic E-state index is 0.293. The first-order valence-electron chi connectivity index (χ1n) is 6.75. The number of aryl methyl sites for hydroxylation is 1. The molecule has 106 valence electrons. The number of hydrogen-bond acceptors (Lipinski definition) is 5. The van der Waals surface area contributed by atoms with Crippen molar-refractivity contribution in [3.8, 4) is 5.75 Å². The molecule has 5 heteroatoms. The van der Waals surface area contributed by atoms with Gasteiger partial charge in [0, 0.05) is 12.3 Å². The summed E-state index contributed by atoms with van der Waals surface area (Å²) in [6, 6.07) is 7.45. The predicted molar refractivity (Wildman–Crippen MR) is 78.7 cm³/mol. The van der Waals surface area contributed by atoms with Crippen LogP contribution in [0.1, 0.15) is 37.2 Å². The molecule has 1 aromatic carbocycles. The zero-order valence-corrected chi connectivity index (χ0v) is 12.1. The molecule has 0 bridgehead atoms. The topological polar surface area (TPSA) is 73.9 Å². The van der Waals surface area contributed by atoms with Gasteiger partial charge >= 0.3 is 0 Å². The van der Waals surface area contributed by atoms with Gasteiger partial charge in [0.1, 0.15) is 23.2 Å². The van der Waals surface area contributed by atoms with Crippen LogP contribution in [-0.2, 0) is 6.42 Å². The van der Waals surface area contributed by atoms with Crippen molar-refractivity contribution < 1.29 is 4.74 Å². The number of rotatable bonds is 5. The summed E-state index contributed by atoms with van der Waals surface area (Å²) in [5.41, 5.74) is 6.46. The van der Waals surface area contributed by atoms with Gasteiger partial charge in [0.25, 0.3) is 0 Å². The highest BCUT2D eigenvalue weighted by molar-refractivity contribution is 5.51. The standard InChI is InChI=1S/C15H20N4O/c1-10(2)15-18-11(3)17-14(19-15)8-9-20-13-7-5-4-6-12(13)16/h4-7,10H,8-9,16H2,1-3H3. The molecule has 20 heavy (non-hydrogen) atoms. The van der Waals surface area contributed by atoms with Gasteiger partial charge in [0.2, 0.25) is 0 Å². The Morgan fingerprint density at radius 2 is 1.90 bits per heavy atom. The van der Waals surface area contributed by atoms with E-state index in [4.69, 9.17) is 10.5 Å². The molecule has 0 radical (unpaired) electrons. The summed E-state index contributed by atoms with van der Waals surface area (Å²) in [6.07, 6.45) is 0.636. The molecule has 0 amide bonds. The lowest BCUT2D eigenvalue weighted by Crippen LogP contribution is -2.11. The Balaban J connectivity index is 1.99. The molecule has 5 nitrogen and oxygen atoms in total. The van der Waals surface area contributed by atoms with Crippen LogP contribution in [0, 0.1) is 6.92 Å². The smallest absolute Gasteiger partial charge is 0.142 e. The molecule has 0 fully saturated rings. The maximum absolute atomic E-state index is 5.82. The largest absolute Gasteiger partial charge is 0.491 e. The zero-order valence-electron chi connectivity index (χ0n) is 12.1. The quantitative estimate of drug-likeness (QED) is 0.846. The molecule has 1 aromatic heterocycles. The number of aromatic nitrogens is 3. The van der Waals surface area contributed by atoms with Gasteiger partial charge in [-0.25, -0.2) is 15.0 Å².